The van der Waals surface area contributed by atoms with Crippen molar-refractivity contribution >= 4 is 11.7 Å². The van der Waals surface area contributed by atoms with Gasteiger partial charge < -0.3 is 10.4 Å². The van der Waals surface area contributed by atoms with Gasteiger partial charge in [-0.2, -0.15) is 0 Å². The molecule has 0 amide bonds. The van der Waals surface area contributed by atoms with Crippen molar-refractivity contribution < 1.29 is 9.90 Å². The molecule has 0 bridgehead atoms. The zero-order valence-electron chi connectivity index (χ0n) is 13.0. The molecule has 1 aromatic rings. The van der Waals surface area contributed by atoms with Crippen LogP contribution in [0.25, 0.3) is 0 Å². The molecule has 1 saturated heterocycles. The molecule has 116 valence electrons. The standard InChI is InChI=1S/C15H24N4O2/c1-10(2)14-17-9-12(13(18-14)15(20)21)16-8-11(3)19-6-4-5-7-19/h9-11,16H,4-8H2,1-3H3,(H,20,21). The van der Waals surface area contributed by atoms with Gasteiger partial charge in [0.15, 0.2) is 5.69 Å². The Balaban J connectivity index is 2.06. The molecular weight excluding hydrogens is 268 g/mol. The van der Waals surface area contributed by atoms with Gasteiger partial charge in [-0.15, -0.1) is 0 Å². The summed E-state index contributed by atoms with van der Waals surface area (Å²) in [7, 11) is 0. The van der Waals surface area contributed by atoms with Crippen LogP contribution in [0.5, 0.6) is 0 Å². The maximum atomic E-state index is 11.4. The van der Waals surface area contributed by atoms with E-state index in [1.165, 1.54) is 12.8 Å². The van der Waals surface area contributed by atoms with Crippen molar-refractivity contribution in [3.05, 3.63) is 17.7 Å². The van der Waals surface area contributed by atoms with Gasteiger partial charge in [0.1, 0.15) is 5.82 Å². The second-order valence-corrected chi connectivity index (χ2v) is 5.92. The van der Waals surface area contributed by atoms with Gasteiger partial charge in [-0.25, -0.2) is 14.8 Å². The fourth-order valence-electron chi connectivity index (χ4n) is 2.54. The summed E-state index contributed by atoms with van der Waals surface area (Å²) in [5, 5.41) is 12.5. The van der Waals surface area contributed by atoms with Crippen molar-refractivity contribution in [2.45, 2.75) is 45.6 Å². The van der Waals surface area contributed by atoms with Crippen LogP contribution >= 0.6 is 0 Å². The Morgan fingerprint density at radius 1 is 1.38 bits per heavy atom. The molecule has 0 aliphatic carbocycles. The number of carboxylic acid groups (broad SMARTS) is 1. The summed E-state index contributed by atoms with van der Waals surface area (Å²) in [6, 6.07) is 0.374. The van der Waals surface area contributed by atoms with Crippen molar-refractivity contribution in [1.29, 1.82) is 0 Å². The van der Waals surface area contributed by atoms with Crippen molar-refractivity contribution in [1.82, 2.24) is 14.9 Å². The number of carbonyl (C=O) groups is 1. The normalized spacial score (nSPS) is 17.1. The minimum atomic E-state index is -1.02. The van der Waals surface area contributed by atoms with Crippen LogP contribution < -0.4 is 5.32 Å². The smallest absolute Gasteiger partial charge is 0.356 e. The monoisotopic (exact) mass is 292 g/mol. The van der Waals surface area contributed by atoms with Crippen LogP contribution in [0.3, 0.4) is 0 Å². The number of likely N-dealkylation sites (tertiary alicyclic amines) is 1. The highest BCUT2D eigenvalue weighted by atomic mass is 16.4. The van der Waals surface area contributed by atoms with Gasteiger partial charge in [-0.05, 0) is 32.9 Å². The van der Waals surface area contributed by atoms with E-state index in [1.54, 1.807) is 6.20 Å². The van der Waals surface area contributed by atoms with E-state index >= 15 is 0 Å². The van der Waals surface area contributed by atoms with E-state index in [-0.39, 0.29) is 11.6 Å². The first-order chi connectivity index (χ1) is 9.99. The predicted molar refractivity (Wildman–Crippen MR) is 81.8 cm³/mol. The number of hydrogen-bond donors (Lipinski definition) is 2. The Kier molecular flexibility index (Phi) is 5.12. The number of hydrogen-bond acceptors (Lipinski definition) is 5. The second kappa shape index (κ2) is 6.85. The molecule has 1 aliphatic heterocycles. The molecule has 2 N–H and O–H groups in total. The summed E-state index contributed by atoms with van der Waals surface area (Å²) in [6.45, 7) is 8.99. The highest BCUT2D eigenvalue weighted by Gasteiger charge is 2.20. The highest BCUT2D eigenvalue weighted by Crippen LogP contribution is 2.17. The second-order valence-electron chi connectivity index (χ2n) is 5.92. The van der Waals surface area contributed by atoms with E-state index in [4.69, 9.17) is 0 Å². The summed E-state index contributed by atoms with van der Waals surface area (Å²) in [6.07, 6.45) is 4.08. The Morgan fingerprint density at radius 3 is 2.62 bits per heavy atom. The maximum Gasteiger partial charge on any atom is 0.356 e. The lowest BCUT2D eigenvalue weighted by molar-refractivity contribution is 0.0691. The third-order valence-electron chi connectivity index (χ3n) is 3.88. The van der Waals surface area contributed by atoms with E-state index in [2.05, 4.69) is 27.1 Å². The Bertz CT molecular complexity index is 498. The van der Waals surface area contributed by atoms with Crippen molar-refractivity contribution in [3.8, 4) is 0 Å². The Hall–Kier alpha value is -1.69. The lowest BCUT2D eigenvalue weighted by Crippen LogP contribution is -2.35. The number of carboxylic acids is 1. The minimum absolute atomic E-state index is 0.0577. The van der Waals surface area contributed by atoms with E-state index in [1.807, 2.05) is 13.8 Å². The summed E-state index contributed by atoms with van der Waals surface area (Å²) in [4.78, 5) is 22.2. The molecule has 1 atom stereocenters. The van der Waals surface area contributed by atoms with Crippen LogP contribution in [0, 0.1) is 0 Å². The van der Waals surface area contributed by atoms with E-state index in [0.29, 0.717) is 24.1 Å². The molecule has 2 rings (SSSR count). The first-order valence-corrected chi connectivity index (χ1v) is 7.57. The van der Waals surface area contributed by atoms with Crippen LogP contribution in [0.4, 0.5) is 5.69 Å². The third-order valence-corrected chi connectivity index (χ3v) is 3.88. The molecule has 21 heavy (non-hydrogen) atoms. The maximum absolute atomic E-state index is 11.4. The van der Waals surface area contributed by atoms with Crippen LogP contribution in [0.2, 0.25) is 0 Å². The molecule has 1 aliphatic rings. The van der Waals surface area contributed by atoms with Crippen LogP contribution in [-0.4, -0.2) is 51.6 Å². The predicted octanol–water partition coefficient (Wildman–Crippen LogP) is 2.19. The molecule has 6 nitrogen and oxygen atoms in total. The van der Waals surface area contributed by atoms with E-state index < -0.39 is 5.97 Å². The number of aromatic carboxylic acids is 1. The molecule has 1 fully saturated rings. The topological polar surface area (TPSA) is 78.4 Å². The summed E-state index contributed by atoms with van der Waals surface area (Å²) < 4.78 is 0. The average Bonchev–Trinajstić information content (AvgIpc) is 2.98. The summed E-state index contributed by atoms with van der Waals surface area (Å²) >= 11 is 0. The van der Waals surface area contributed by atoms with Crippen LogP contribution in [-0.2, 0) is 0 Å². The minimum Gasteiger partial charge on any atom is -0.476 e. The van der Waals surface area contributed by atoms with Crippen molar-refractivity contribution in [2.75, 3.05) is 25.0 Å². The fourth-order valence-corrected chi connectivity index (χ4v) is 2.54. The molecule has 1 aromatic heterocycles. The van der Waals surface area contributed by atoms with Gasteiger partial charge in [-0.3, -0.25) is 4.90 Å². The van der Waals surface area contributed by atoms with Crippen LogP contribution in [0.15, 0.2) is 6.20 Å². The number of nitrogens with one attached hydrogen (secondary N) is 1. The zero-order chi connectivity index (χ0) is 15.4. The number of nitrogens with zero attached hydrogens (tertiary/aromatic N) is 3. The largest absolute Gasteiger partial charge is 0.476 e. The number of rotatable bonds is 6. The van der Waals surface area contributed by atoms with E-state index in [0.717, 1.165) is 13.1 Å². The van der Waals surface area contributed by atoms with Crippen molar-refractivity contribution in [2.24, 2.45) is 0 Å². The van der Waals surface area contributed by atoms with Gasteiger partial charge in [0.25, 0.3) is 0 Å². The van der Waals surface area contributed by atoms with Crippen molar-refractivity contribution in [3.63, 3.8) is 0 Å². The highest BCUT2D eigenvalue weighted by molar-refractivity contribution is 5.91. The molecule has 0 saturated carbocycles. The van der Waals surface area contributed by atoms with Gasteiger partial charge in [0.2, 0.25) is 0 Å². The Morgan fingerprint density at radius 2 is 2.05 bits per heavy atom. The first-order valence-electron chi connectivity index (χ1n) is 7.57. The van der Waals surface area contributed by atoms with Gasteiger partial charge >= 0.3 is 5.97 Å². The molecule has 0 radical (unpaired) electrons. The zero-order valence-corrected chi connectivity index (χ0v) is 13.0. The lowest BCUT2D eigenvalue weighted by atomic mass is 10.2. The fraction of sp³-hybridized carbons (Fsp3) is 0.667. The molecule has 6 heteroatoms. The van der Waals surface area contributed by atoms with Crippen LogP contribution in [0.1, 0.15) is 55.8 Å². The quantitative estimate of drug-likeness (QED) is 0.837. The summed E-state index contributed by atoms with van der Waals surface area (Å²) in [5.74, 6) is -0.346. The van der Waals surface area contributed by atoms with E-state index in [9.17, 15) is 9.90 Å². The Labute approximate surface area is 125 Å². The van der Waals surface area contributed by atoms with Gasteiger partial charge in [0.05, 0.1) is 11.9 Å². The lowest BCUT2D eigenvalue weighted by Gasteiger charge is -2.24. The number of anilines is 1. The molecule has 0 spiro atoms. The molecular formula is C15H24N4O2. The number of aromatic nitrogens is 2. The SMILES string of the molecule is CC(C)c1ncc(NCC(C)N2CCCC2)c(C(=O)O)n1. The molecule has 0 aromatic carbocycles. The summed E-state index contributed by atoms with van der Waals surface area (Å²) in [5.41, 5.74) is 0.556. The molecule has 1 unspecified atom stereocenters. The third kappa shape index (κ3) is 3.91. The van der Waals surface area contributed by atoms with Gasteiger partial charge in [-0.1, -0.05) is 13.8 Å². The molecule has 2 heterocycles. The average molecular weight is 292 g/mol. The van der Waals surface area contributed by atoms with Gasteiger partial charge in [0, 0.05) is 18.5 Å². The first kappa shape index (κ1) is 15.7.